The Morgan fingerprint density at radius 1 is 0.667 bits per heavy atom. The van der Waals surface area contributed by atoms with Gasteiger partial charge in [-0.25, -0.2) is 16.8 Å². The van der Waals surface area contributed by atoms with E-state index in [2.05, 4.69) is 0 Å². The molecule has 0 aliphatic carbocycles. The lowest BCUT2D eigenvalue weighted by Gasteiger charge is -2.35. The fraction of sp³-hybridized carbons (Fsp3) is 0.333. The summed E-state index contributed by atoms with van der Waals surface area (Å²) in [6.07, 6.45) is 0. The van der Waals surface area contributed by atoms with E-state index in [0.717, 1.165) is 8.61 Å². The van der Waals surface area contributed by atoms with Crippen molar-refractivity contribution in [2.75, 3.05) is 22.7 Å². The Hall–Kier alpha value is -1.84. The molecule has 0 bridgehead atoms. The Bertz CT molecular complexity index is 898. The van der Waals surface area contributed by atoms with Gasteiger partial charge in [-0.3, -0.25) is 8.61 Å². The molecule has 0 fully saturated rings. The predicted octanol–water partition coefficient (Wildman–Crippen LogP) is 3.12. The van der Waals surface area contributed by atoms with Crippen molar-refractivity contribution in [2.24, 2.45) is 0 Å². The number of sulfonamides is 2. The number of rotatable bonds is 7. The maximum Gasteiger partial charge on any atom is 0.251 e. The lowest BCUT2D eigenvalue weighted by molar-refractivity contribution is 0.582. The maximum atomic E-state index is 13.4. The van der Waals surface area contributed by atoms with Crippen LogP contribution in [0.15, 0.2) is 60.7 Å². The molecule has 6 nitrogen and oxygen atoms in total. The summed E-state index contributed by atoms with van der Waals surface area (Å²) in [5.74, 6) is 0. The summed E-state index contributed by atoms with van der Waals surface area (Å²) in [7, 11) is -8.22. The Kier molecular flexibility index (Phi) is 6.08. The SMILES string of the molecule is CN(c1ccccc1)S(=O)(=O)C([Si](C)(C)C)S(=O)(=O)N(C)c1ccccc1. The largest absolute Gasteiger partial charge is 0.272 e. The molecular weight excluding hydrogens is 400 g/mol. The predicted molar refractivity (Wildman–Crippen MR) is 115 cm³/mol. The van der Waals surface area contributed by atoms with Gasteiger partial charge < -0.3 is 0 Å². The maximum absolute atomic E-state index is 13.4. The van der Waals surface area contributed by atoms with Gasteiger partial charge in [0.1, 0.15) is 0 Å². The van der Waals surface area contributed by atoms with Gasteiger partial charge in [0.05, 0.1) is 19.4 Å². The van der Waals surface area contributed by atoms with Gasteiger partial charge in [0, 0.05) is 14.1 Å². The molecule has 0 aliphatic rings. The minimum Gasteiger partial charge on any atom is -0.272 e. The Balaban J connectivity index is 2.58. The smallest absolute Gasteiger partial charge is 0.251 e. The van der Waals surface area contributed by atoms with Crippen LogP contribution >= 0.6 is 0 Å². The second-order valence-corrected chi connectivity index (χ2v) is 17.9. The first-order valence-corrected chi connectivity index (χ1v) is 15.0. The van der Waals surface area contributed by atoms with Crippen LogP contribution in [0.5, 0.6) is 0 Å². The van der Waals surface area contributed by atoms with E-state index in [1.165, 1.54) is 14.1 Å². The molecule has 0 N–H and O–H groups in total. The van der Waals surface area contributed by atoms with Gasteiger partial charge in [0.15, 0.2) is 4.21 Å². The second-order valence-electron chi connectivity index (χ2n) is 7.39. The number of anilines is 2. The number of benzene rings is 2. The van der Waals surface area contributed by atoms with Crippen molar-refractivity contribution in [1.29, 1.82) is 0 Å². The molecule has 27 heavy (non-hydrogen) atoms. The third kappa shape index (κ3) is 4.36. The third-order valence-corrected chi connectivity index (χ3v) is 16.2. The quantitative estimate of drug-likeness (QED) is 0.638. The Morgan fingerprint density at radius 3 is 1.22 bits per heavy atom. The van der Waals surface area contributed by atoms with Gasteiger partial charge in [0.2, 0.25) is 0 Å². The highest BCUT2D eigenvalue weighted by Gasteiger charge is 2.51. The molecule has 0 atom stereocenters. The van der Waals surface area contributed by atoms with Crippen LogP contribution in [-0.2, 0) is 20.0 Å². The fourth-order valence-corrected chi connectivity index (χ4v) is 14.4. The van der Waals surface area contributed by atoms with Crippen LogP contribution in [-0.4, -0.2) is 43.2 Å². The van der Waals surface area contributed by atoms with E-state index >= 15 is 0 Å². The summed E-state index contributed by atoms with van der Waals surface area (Å²) in [4.78, 5) is 0. The summed E-state index contributed by atoms with van der Waals surface area (Å²) < 4.78 is 54.3. The molecule has 9 heteroatoms. The van der Waals surface area contributed by atoms with Crippen LogP contribution in [0.2, 0.25) is 19.6 Å². The van der Waals surface area contributed by atoms with E-state index in [4.69, 9.17) is 0 Å². The van der Waals surface area contributed by atoms with Crippen LogP contribution in [0.3, 0.4) is 0 Å². The van der Waals surface area contributed by atoms with Crippen LogP contribution in [0.1, 0.15) is 0 Å². The van der Waals surface area contributed by atoms with E-state index in [1.807, 2.05) is 0 Å². The lowest BCUT2D eigenvalue weighted by Crippen LogP contribution is -2.57. The van der Waals surface area contributed by atoms with Crippen molar-refractivity contribution in [3.8, 4) is 0 Å². The molecular formula is C18H26N2O4S2Si. The van der Waals surface area contributed by atoms with Gasteiger partial charge in [-0.2, -0.15) is 0 Å². The molecule has 2 aromatic rings. The topological polar surface area (TPSA) is 74.8 Å². The highest BCUT2D eigenvalue weighted by molar-refractivity contribution is 8.12. The van der Waals surface area contributed by atoms with Gasteiger partial charge in [-0.15, -0.1) is 0 Å². The van der Waals surface area contributed by atoms with Crippen molar-refractivity contribution >= 4 is 39.5 Å². The summed E-state index contributed by atoms with van der Waals surface area (Å²) in [5, 5.41) is 0. The Morgan fingerprint density at radius 2 is 0.963 bits per heavy atom. The average molecular weight is 427 g/mol. The minimum absolute atomic E-state index is 0.429. The number of nitrogens with zero attached hydrogens (tertiary/aromatic N) is 2. The molecule has 0 heterocycles. The van der Waals surface area contributed by atoms with Crippen LogP contribution < -0.4 is 8.61 Å². The van der Waals surface area contributed by atoms with Crippen LogP contribution in [0.25, 0.3) is 0 Å². The fourth-order valence-electron chi connectivity index (χ4n) is 2.90. The molecule has 0 spiro atoms. The van der Waals surface area contributed by atoms with Gasteiger partial charge in [0.25, 0.3) is 20.0 Å². The zero-order valence-corrected chi connectivity index (χ0v) is 18.8. The van der Waals surface area contributed by atoms with Crippen molar-refractivity contribution in [3.63, 3.8) is 0 Å². The number of hydrogen-bond donors (Lipinski definition) is 0. The van der Waals surface area contributed by atoms with E-state index in [0.29, 0.717) is 11.4 Å². The normalized spacial score (nSPS) is 12.8. The standard InChI is InChI=1S/C18H26N2O4S2Si/c1-19(16-12-8-6-9-13-16)25(21,22)18(27(3,4)5)26(23,24)20(2)17-14-10-7-11-15-17/h6-15,18H,1-5H3. The van der Waals surface area contributed by atoms with Crippen LogP contribution in [0.4, 0.5) is 11.4 Å². The molecule has 0 radical (unpaired) electrons. The summed E-state index contributed by atoms with van der Waals surface area (Å²) in [6.45, 7) is 5.26. The molecule has 0 aromatic heterocycles. The summed E-state index contributed by atoms with van der Waals surface area (Å²) in [5.41, 5.74) is 0.858. The molecule has 0 saturated heterocycles. The van der Waals surface area contributed by atoms with Crippen molar-refractivity contribution in [2.45, 2.75) is 23.8 Å². The van der Waals surface area contributed by atoms with E-state index in [1.54, 1.807) is 80.3 Å². The third-order valence-electron chi connectivity index (χ3n) is 4.25. The number of hydrogen-bond acceptors (Lipinski definition) is 4. The first-order chi connectivity index (χ1) is 12.4. The molecule has 0 amide bonds. The van der Waals surface area contributed by atoms with E-state index in [9.17, 15) is 16.8 Å². The first-order valence-electron chi connectivity index (χ1n) is 8.45. The molecule has 0 unspecified atom stereocenters. The average Bonchev–Trinajstić information content (AvgIpc) is 2.60. The first kappa shape index (κ1) is 21.5. The molecule has 0 saturated carbocycles. The van der Waals surface area contributed by atoms with E-state index in [-0.39, 0.29) is 0 Å². The molecule has 2 aromatic carbocycles. The summed E-state index contributed by atoms with van der Waals surface area (Å²) in [6, 6.07) is 17.0. The van der Waals surface area contributed by atoms with Crippen LogP contribution in [0, 0.1) is 0 Å². The number of para-hydroxylation sites is 2. The molecule has 0 aliphatic heterocycles. The van der Waals surface area contributed by atoms with Crippen molar-refractivity contribution in [3.05, 3.63) is 60.7 Å². The zero-order valence-electron chi connectivity index (χ0n) is 16.2. The van der Waals surface area contributed by atoms with Crippen molar-refractivity contribution < 1.29 is 16.8 Å². The minimum atomic E-state index is -4.16. The lowest BCUT2D eigenvalue weighted by atomic mass is 10.3. The second kappa shape index (κ2) is 7.65. The summed E-state index contributed by atoms with van der Waals surface area (Å²) >= 11 is 0. The zero-order chi connectivity index (χ0) is 20.5. The van der Waals surface area contributed by atoms with Crippen molar-refractivity contribution in [1.82, 2.24) is 0 Å². The molecule has 148 valence electrons. The monoisotopic (exact) mass is 426 g/mol. The van der Waals surface area contributed by atoms with Gasteiger partial charge in [-0.1, -0.05) is 56.0 Å². The molecule has 2 rings (SSSR count). The van der Waals surface area contributed by atoms with Gasteiger partial charge in [-0.05, 0) is 24.3 Å². The highest BCUT2D eigenvalue weighted by Crippen LogP contribution is 2.31. The van der Waals surface area contributed by atoms with Gasteiger partial charge >= 0.3 is 0 Å². The Labute approximate surface area is 163 Å². The van der Waals surface area contributed by atoms with E-state index < -0.39 is 32.3 Å². The highest BCUT2D eigenvalue weighted by atomic mass is 32.3.